The molecule has 0 unspecified atom stereocenters. The Morgan fingerprint density at radius 1 is 1.12 bits per heavy atom. The number of fused-ring (bicyclic) bond motifs is 1. The highest BCUT2D eigenvalue weighted by atomic mass is 32.2. The first-order chi connectivity index (χ1) is 15.3. The van der Waals surface area contributed by atoms with Gasteiger partial charge in [-0.3, -0.25) is 4.72 Å². The van der Waals surface area contributed by atoms with Gasteiger partial charge in [0, 0.05) is 17.3 Å². The molecule has 0 aliphatic heterocycles. The highest BCUT2D eigenvalue weighted by molar-refractivity contribution is 7.94. The largest absolute Gasteiger partial charge is 0.310 e. The Kier molecular flexibility index (Phi) is 7.17. The van der Waals surface area contributed by atoms with Crippen molar-refractivity contribution >= 4 is 37.1 Å². The van der Waals surface area contributed by atoms with Gasteiger partial charge in [-0.1, -0.05) is 50.3 Å². The molecule has 1 aliphatic carbocycles. The van der Waals surface area contributed by atoms with E-state index in [1.807, 2.05) is 18.2 Å². The van der Waals surface area contributed by atoms with Crippen molar-refractivity contribution in [1.82, 2.24) is 5.32 Å². The molecule has 1 heterocycles. The highest BCUT2D eigenvalue weighted by Gasteiger charge is 2.23. The Labute approximate surface area is 194 Å². The van der Waals surface area contributed by atoms with Crippen molar-refractivity contribution < 1.29 is 12.8 Å². The number of sulfonamides is 1. The van der Waals surface area contributed by atoms with Crippen LogP contribution in [0.2, 0.25) is 0 Å². The Balaban J connectivity index is 1.48. The predicted octanol–water partition coefficient (Wildman–Crippen LogP) is 6.60. The summed E-state index contributed by atoms with van der Waals surface area (Å²) >= 11 is 1.17. The lowest BCUT2D eigenvalue weighted by atomic mass is 9.85. The summed E-state index contributed by atoms with van der Waals surface area (Å²) in [4.78, 5) is 0. The van der Waals surface area contributed by atoms with Gasteiger partial charge in [-0.15, -0.1) is 11.3 Å². The van der Waals surface area contributed by atoms with Gasteiger partial charge in [-0.05, 0) is 67.0 Å². The van der Waals surface area contributed by atoms with E-state index in [1.165, 1.54) is 55.6 Å². The normalized spacial score (nSPS) is 16.3. The average Bonchev–Trinajstić information content (AvgIpc) is 3.10. The SMILES string of the molecule is Cc1c(S(=O)(=O)Nc2ccccc2CN[C@@H](C)CC2CCCCC2)sc2ccc(F)cc12. The maximum Gasteiger partial charge on any atom is 0.271 e. The third kappa shape index (κ3) is 5.33. The predicted molar refractivity (Wildman–Crippen MR) is 131 cm³/mol. The minimum atomic E-state index is -3.78. The number of nitrogens with one attached hydrogen (secondary N) is 2. The van der Waals surface area contributed by atoms with E-state index in [2.05, 4.69) is 17.0 Å². The first-order valence-corrected chi connectivity index (χ1v) is 13.7. The summed E-state index contributed by atoms with van der Waals surface area (Å²) in [5.41, 5.74) is 2.07. The number of halogens is 1. The summed E-state index contributed by atoms with van der Waals surface area (Å²) < 4.78 is 43.8. The van der Waals surface area contributed by atoms with Gasteiger partial charge in [0.05, 0.1) is 5.69 Å². The second kappa shape index (κ2) is 9.89. The number of benzene rings is 2. The van der Waals surface area contributed by atoms with E-state index in [1.54, 1.807) is 19.1 Å². The zero-order valence-corrected chi connectivity index (χ0v) is 20.3. The van der Waals surface area contributed by atoms with Crippen molar-refractivity contribution in [2.75, 3.05) is 4.72 Å². The summed E-state index contributed by atoms with van der Waals surface area (Å²) in [6, 6.07) is 12.3. The van der Waals surface area contributed by atoms with Crippen molar-refractivity contribution in [2.45, 2.75) is 69.2 Å². The molecular weight excluding hydrogens is 443 g/mol. The highest BCUT2D eigenvalue weighted by Crippen LogP contribution is 2.35. The van der Waals surface area contributed by atoms with E-state index in [0.29, 0.717) is 29.2 Å². The maximum atomic E-state index is 13.7. The van der Waals surface area contributed by atoms with Gasteiger partial charge in [-0.2, -0.15) is 0 Å². The molecular formula is C25H31FN2O2S2. The molecule has 7 heteroatoms. The van der Waals surface area contributed by atoms with Crippen LogP contribution in [0.3, 0.4) is 0 Å². The van der Waals surface area contributed by atoms with E-state index < -0.39 is 10.0 Å². The number of anilines is 1. The first-order valence-electron chi connectivity index (χ1n) is 11.4. The van der Waals surface area contributed by atoms with Crippen molar-refractivity contribution in [2.24, 2.45) is 5.92 Å². The molecule has 0 radical (unpaired) electrons. The monoisotopic (exact) mass is 474 g/mol. The summed E-state index contributed by atoms with van der Waals surface area (Å²) in [7, 11) is -3.78. The van der Waals surface area contributed by atoms with Crippen LogP contribution in [0.25, 0.3) is 10.1 Å². The Bertz CT molecular complexity index is 1180. The number of thiophene rings is 1. The second-order valence-corrected chi connectivity index (χ2v) is 11.9. The lowest BCUT2D eigenvalue weighted by Crippen LogP contribution is -2.29. The molecule has 0 saturated heterocycles. The van der Waals surface area contributed by atoms with Crippen LogP contribution in [0.5, 0.6) is 0 Å². The molecule has 1 aromatic heterocycles. The third-order valence-corrected chi connectivity index (χ3v) is 9.67. The smallest absolute Gasteiger partial charge is 0.271 e. The number of hydrogen-bond donors (Lipinski definition) is 2. The van der Waals surface area contributed by atoms with Crippen molar-refractivity contribution in [3.63, 3.8) is 0 Å². The van der Waals surface area contributed by atoms with Crippen LogP contribution in [0, 0.1) is 18.7 Å². The van der Waals surface area contributed by atoms with E-state index >= 15 is 0 Å². The summed E-state index contributed by atoms with van der Waals surface area (Å²) in [6.07, 6.45) is 7.84. The molecule has 4 rings (SSSR count). The van der Waals surface area contributed by atoms with E-state index in [0.717, 1.165) is 22.6 Å². The topological polar surface area (TPSA) is 58.2 Å². The Morgan fingerprint density at radius 3 is 2.66 bits per heavy atom. The van der Waals surface area contributed by atoms with Crippen molar-refractivity contribution in [1.29, 1.82) is 0 Å². The van der Waals surface area contributed by atoms with Gasteiger partial charge in [0.1, 0.15) is 10.0 Å². The molecule has 1 fully saturated rings. The molecule has 3 aromatic rings. The fourth-order valence-corrected chi connectivity index (χ4v) is 7.53. The van der Waals surface area contributed by atoms with Crippen LogP contribution in [-0.2, 0) is 16.6 Å². The van der Waals surface area contributed by atoms with Gasteiger partial charge >= 0.3 is 0 Å². The number of rotatable bonds is 8. The molecule has 32 heavy (non-hydrogen) atoms. The number of hydrogen-bond acceptors (Lipinski definition) is 4. The molecule has 0 bridgehead atoms. The van der Waals surface area contributed by atoms with Crippen LogP contribution in [0.15, 0.2) is 46.7 Å². The quantitative estimate of drug-likeness (QED) is 0.387. The molecule has 1 saturated carbocycles. The van der Waals surface area contributed by atoms with Gasteiger partial charge in [0.2, 0.25) is 0 Å². The molecule has 1 atom stereocenters. The molecule has 4 nitrogen and oxygen atoms in total. The third-order valence-electron chi connectivity index (χ3n) is 6.41. The maximum absolute atomic E-state index is 13.7. The lowest BCUT2D eigenvalue weighted by Gasteiger charge is -2.25. The van der Waals surface area contributed by atoms with Crippen LogP contribution in [-0.4, -0.2) is 14.5 Å². The van der Waals surface area contributed by atoms with E-state index in [4.69, 9.17) is 0 Å². The van der Waals surface area contributed by atoms with Crippen molar-refractivity contribution in [3.05, 3.63) is 59.4 Å². The average molecular weight is 475 g/mol. The summed E-state index contributed by atoms with van der Waals surface area (Å²) in [5, 5.41) is 4.22. The van der Waals surface area contributed by atoms with Gasteiger partial charge in [-0.25, -0.2) is 12.8 Å². The van der Waals surface area contributed by atoms with Crippen LogP contribution < -0.4 is 10.0 Å². The summed E-state index contributed by atoms with van der Waals surface area (Å²) in [5.74, 6) is 0.426. The Hall–Kier alpha value is -1.96. The van der Waals surface area contributed by atoms with Gasteiger partial charge in [0.15, 0.2) is 0 Å². The molecule has 0 spiro atoms. The fraction of sp³-hybridized carbons (Fsp3) is 0.440. The van der Waals surface area contributed by atoms with Crippen LogP contribution >= 0.6 is 11.3 Å². The standard InChI is InChI=1S/C25H31FN2O2S2/c1-17(14-19-8-4-3-5-9-19)27-16-20-10-6-7-11-23(20)28-32(29,30)25-18(2)22-15-21(26)12-13-24(22)31-25/h6-7,10-13,15,17,19,27-28H,3-5,8-9,14,16H2,1-2H3/t17-/m0/s1. The first kappa shape index (κ1) is 23.2. The van der Waals surface area contributed by atoms with Gasteiger partial charge in [0.25, 0.3) is 10.0 Å². The molecule has 2 aromatic carbocycles. The Morgan fingerprint density at radius 2 is 1.88 bits per heavy atom. The second-order valence-electron chi connectivity index (χ2n) is 8.94. The fourth-order valence-electron chi connectivity index (χ4n) is 4.68. The van der Waals surface area contributed by atoms with Crippen LogP contribution in [0.4, 0.5) is 10.1 Å². The minimum absolute atomic E-state index is 0.228. The molecule has 2 N–H and O–H groups in total. The van der Waals surface area contributed by atoms with E-state index in [-0.39, 0.29) is 10.0 Å². The molecule has 1 aliphatic rings. The van der Waals surface area contributed by atoms with Crippen molar-refractivity contribution in [3.8, 4) is 0 Å². The summed E-state index contributed by atoms with van der Waals surface area (Å²) in [6.45, 7) is 4.54. The minimum Gasteiger partial charge on any atom is -0.310 e. The number of para-hydroxylation sites is 1. The molecule has 172 valence electrons. The zero-order valence-electron chi connectivity index (χ0n) is 18.7. The number of aryl methyl sites for hydroxylation is 1. The van der Waals surface area contributed by atoms with E-state index in [9.17, 15) is 12.8 Å². The zero-order chi connectivity index (χ0) is 22.7. The lowest BCUT2D eigenvalue weighted by molar-refractivity contribution is 0.305. The molecule has 0 amide bonds. The van der Waals surface area contributed by atoms with Crippen LogP contribution in [0.1, 0.15) is 56.6 Å². The van der Waals surface area contributed by atoms with Gasteiger partial charge < -0.3 is 5.32 Å².